The zero-order chi connectivity index (χ0) is 18.7. The second-order valence-electron chi connectivity index (χ2n) is 6.41. The Hall–Kier alpha value is -1.32. The van der Waals surface area contributed by atoms with Gasteiger partial charge in [0.05, 0.1) is 4.90 Å². The zero-order valence-corrected chi connectivity index (χ0v) is 15.0. The van der Waals surface area contributed by atoms with Crippen LogP contribution in [0.5, 0.6) is 5.75 Å². The molecule has 0 amide bonds. The average molecular weight is 380 g/mol. The van der Waals surface area contributed by atoms with E-state index in [-0.39, 0.29) is 10.9 Å². The van der Waals surface area contributed by atoms with E-state index in [4.69, 9.17) is 0 Å². The first kappa shape index (κ1) is 20.0. The first-order chi connectivity index (χ1) is 11.6. The molecule has 1 aliphatic rings. The number of benzene rings is 1. The molecule has 1 fully saturated rings. The van der Waals surface area contributed by atoms with E-state index in [1.165, 1.54) is 0 Å². The third kappa shape index (κ3) is 6.16. The van der Waals surface area contributed by atoms with Crippen molar-refractivity contribution in [3.63, 3.8) is 0 Å². The predicted molar refractivity (Wildman–Crippen MR) is 87.8 cm³/mol. The van der Waals surface area contributed by atoms with Crippen LogP contribution in [-0.4, -0.2) is 45.4 Å². The Morgan fingerprint density at radius 1 is 1.28 bits per heavy atom. The Morgan fingerprint density at radius 3 is 2.48 bits per heavy atom. The molecule has 1 N–H and O–H groups in total. The fraction of sp³-hybridized carbons (Fsp3) is 0.625. The smallest absolute Gasteiger partial charge is 0.406 e. The van der Waals surface area contributed by atoms with Crippen LogP contribution in [0.25, 0.3) is 0 Å². The fourth-order valence-corrected chi connectivity index (χ4v) is 4.31. The van der Waals surface area contributed by atoms with Crippen molar-refractivity contribution in [3.8, 4) is 5.75 Å². The van der Waals surface area contributed by atoms with Gasteiger partial charge in [-0.05, 0) is 64.0 Å². The molecule has 5 nitrogen and oxygen atoms in total. The lowest BCUT2D eigenvalue weighted by molar-refractivity contribution is -0.274. The van der Waals surface area contributed by atoms with Crippen molar-refractivity contribution in [1.29, 1.82) is 0 Å². The molecule has 142 valence electrons. The van der Waals surface area contributed by atoms with Crippen LogP contribution in [0.15, 0.2) is 29.2 Å². The number of nitrogens with zero attached hydrogens (tertiary/aromatic N) is 1. The standard InChI is InChI=1S/C16H23F3N2O3S/c1-12(11-13-5-3-4-10-21(13)2)20-25(22,23)15-8-6-14(7-9-15)24-16(17,18)19/h6-9,12-13,20H,3-5,10-11H2,1-2H3/t12-,13+/m1/s1. The molecule has 0 bridgehead atoms. The van der Waals surface area contributed by atoms with Gasteiger partial charge in [-0.25, -0.2) is 13.1 Å². The molecule has 0 unspecified atom stereocenters. The Labute approximate surface area is 146 Å². The molecule has 0 spiro atoms. The van der Waals surface area contributed by atoms with Gasteiger partial charge in [0.1, 0.15) is 5.75 Å². The second kappa shape index (κ2) is 7.92. The number of hydrogen-bond donors (Lipinski definition) is 1. The minimum atomic E-state index is -4.81. The summed E-state index contributed by atoms with van der Waals surface area (Å²) in [6, 6.07) is 4.23. The second-order valence-corrected chi connectivity index (χ2v) is 8.12. The van der Waals surface area contributed by atoms with Crippen LogP contribution in [0, 0.1) is 0 Å². The van der Waals surface area contributed by atoms with Crippen molar-refractivity contribution in [3.05, 3.63) is 24.3 Å². The summed E-state index contributed by atoms with van der Waals surface area (Å²) in [4.78, 5) is 2.14. The number of ether oxygens (including phenoxy) is 1. The minimum Gasteiger partial charge on any atom is -0.406 e. The van der Waals surface area contributed by atoms with Gasteiger partial charge >= 0.3 is 6.36 Å². The highest BCUT2D eigenvalue weighted by atomic mass is 32.2. The molecule has 0 radical (unpaired) electrons. The van der Waals surface area contributed by atoms with Gasteiger partial charge in [0.15, 0.2) is 0 Å². The normalized spacial score (nSPS) is 21.1. The third-order valence-electron chi connectivity index (χ3n) is 4.27. The highest BCUT2D eigenvalue weighted by Crippen LogP contribution is 2.24. The van der Waals surface area contributed by atoms with Gasteiger partial charge in [0.25, 0.3) is 0 Å². The molecule has 9 heteroatoms. The quantitative estimate of drug-likeness (QED) is 0.824. The van der Waals surface area contributed by atoms with Crippen LogP contribution in [0.3, 0.4) is 0 Å². The number of sulfonamides is 1. The third-order valence-corrected chi connectivity index (χ3v) is 5.88. The van der Waals surface area contributed by atoms with Crippen LogP contribution in [0.1, 0.15) is 32.6 Å². The summed E-state index contributed by atoms with van der Waals surface area (Å²) in [5.74, 6) is -0.455. The monoisotopic (exact) mass is 380 g/mol. The summed E-state index contributed by atoms with van der Waals surface area (Å²) >= 11 is 0. The fourth-order valence-electron chi connectivity index (χ4n) is 3.05. The highest BCUT2D eigenvalue weighted by Gasteiger charge is 2.31. The molecule has 0 saturated carbocycles. The van der Waals surface area contributed by atoms with Crippen molar-refractivity contribution < 1.29 is 26.3 Å². The maximum Gasteiger partial charge on any atom is 0.573 e. The van der Waals surface area contributed by atoms with E-state index >= 15 is 0 Å². The summed E-state index contributed by atoms with van der Waals surface area (Å²) in [5.41, 5.74) is 0. The first-order valence-corrected chi connectivity index (χ1v) is 9.63. The van der Waals surface area contributed by atoms with E-state index in [0.29, 0.717) is 12.5 Å². The van der Waals surface area contributed by atoms with Gasteiger partial charge in [0, 0.05) is 12.1 Å². The van der Waals surface area contributed by atoms with E-state index in [1.807, 2.05) is 7.05 Å². The van der Waals surface area contributed by atoms with Crippen LogP contribution in [0.2, 0.25) is 0 Å². The number of nitrogens with one attached hydrogen (secondary N) is 1. The molecule has 2 rings (SSSR count). The van der Waals surface area contributed by atoms with Crippen molar-refractivity contribution in [2.24, 2.45) is 0 Å². The summed E-state index contributed by atoms with van der Waals surface area (Å²) in [6.07, 6.45) is -0.801. The molecule has 25 heavy (non-hydrogen) atoms. The maximum atomic E-state index is 12.4. The topological polar surface area (TPSA) is 58.6 Å². The number of piperidine rings is 1. The number of hydrogen-bond acceptors (Lipinski definition) is 4. The van der Waals surface area contributed by atoms with E-state index in [9.17, 15) is 21.6 Å². The largest absolute Gasteiger partial charge is 0.573 e. The van der Waals surface area contributed by atoms with Gasteiger partial charge in [-0.1, -0.05) is 6.42 Å². The molecule has 1 saturated heterocycles. The Kier molecular flexibility index (Phi) is 6.34. The average Bonchev–Trinajstić information content (AvgIpc) is 2.48. The molecular formula is C16H23F3N2O3S. The zero-order valence-electron chi connectivity index (χ0n) is 14.2. The van der Waals surface area contributed by atoms with Crippen LogP contribution in [-0.2, 0) is 10.0 Å². The lowest BCUT2D eigenvalue weighted by Gasteiger charge is -2.34. The van der Waals surface area contributed by atoms with Crippen molar-refractivity contribution in [2.75, 3.05) is 13.6 Å². The van der Waals surface area contributed by atoms with Crippen molar-refractivity contribution in [2.45, 2.75) is 55.9 Å². The van der Waals surface area contributed by atoms with Gasteiger partial charge in [-0.3, -0.25) is 0 Å². The van der Waals surface area contributed by atoms with Crippen LogP contribution < -0.4 is 9.46 Å². The summed E-state index contributed by atoms with van der Waals surface area (Å²) < 4.78 is 67.5. The van der Waals surface area contributed by atoms with Gasteiger partial charge in [0.2, 0.25) is 10.0 Å². The lowest BCUT2D eigenvalue weighted by Crippen LogP contribution is -2.42. The SMILES string of the molecule is C[C@H](C[C@@H]1CCCCN1C)NS(=O)(=O)c1ccc(OC(F)(F)F)cc1. The van der Waals surface area contributed by atoms with Gasteiger partial charge in [-0.2, -0.15) is 0 Å². The number of rotatable bonds is 6. The molecule has 1 aliphatic heterocycles. The molecule has 2 atom stereocenters. The maximum absolute atomic E-state index is 12.4. The molecule has 0 aromatic heterocycles. The van der Waals surface area contributed by atoms with E-state index in [0.717, 1.165) is 50.1 Å². The van der Waals surface area contributed by atoms with Crippen molar-refractivity contribution >= 4 is 10.0 Å². The highest BCUT2D eigenvalue weighted by molar-refractivity contribution is 7.89. The number of alkyl halides is 3. The van der Waals surface area contributed by atoms with E-state index < -0.39 is 22.1 Å². The molecule has 0 aliphatic carbocycles. The Bertz CT molecular complexity index is 662. The van der Waals surface area contributed by atoms with Gasteiger partial charge < -0.3 is 9.64 Å². The van der Waals surface area contributed by atoms with Crippen LogP contribution in [0.4, 0.5) is 13.2 Å². The molecule has 1 heterocycles. The summed E-state index contributed by atoms with van der Waals surface area (Å²) in [6.45, 7) is 2.80. The minimum absolute atomic E-state index is 0.0918. The summed E-state index contributed by atoms with van der Waals surface area (Å²) in [7, 11) is -1.76. The van der Waals surface area contributed by atoms with Crippen molar-refractivity contribution in [1.82, 2.24) is 9.62 Å². The van der Waals surface area contributed by atoms with E-state index in [2.05, 4.69) is 14.4 Å². The number of likely N-dealkylation sites (tertiary alicyclic amines) is 1. The number of halogens is 3. The lowest BCUT2D eigenvalue weighted by atomic mass is 9.97. The Balaban J connectivity index is 1.98. The Morgan fingerprint density at radius 2 is 1.92 bits per heavy atom. The molecule has 1 aromatic rings. The van der Waals surface area contributed by atoms with Crippen LogP contribution >= 0.6 is 0 Å². The molecular weight excluding hydrogens is 357 g/mol. The van der Waals surface area contributed by atoms with E-state index in [1.54, 1.807) is 6.92 Å². The molecule has 1 aromatic carbocycles. The van der Waals surface area contributed by atoms with Gasteiger partial charge in [-0.15, -0.1) is 13.2 Å². The summed E-state index contributed by atoms with van der Waals surface area (Å²) in [5, 5.41) is 0. The predicted octanol–water partition coefficient (Wildman–Crippen LogP) is 3.13. The first-order valence-electron chi connectivity index (χ1n) is 8.15.